The van der Waals surface area contributed by atoms with Crippen LogP contribution >= 0.6 is 0 Å². The molecule has 0 bridgehead atoms. The maximum atomic E-state index is 10.3. The number of aliphatic hydroxyl groups excluding tert-OH is 1. The van der Waals surface area contributed by atoms with Crippen molar-refractivity contribution in [2.45, 2.75) is 104 Å². The summed E-state index contributed by atoms with van der Waals surface area (Å²) in [5.41, 5.74) is 0. The number of rotatable bonds is 17. The average Bonchev–Trinajstić information content (AvgIpc) is 2.68. The van der Waals surface area contributed by atoms with Crippen LogP contribution in [0.25, 0.3) is 0 Å². The molecule has 0 rings (SSSR count). The summed E-state index contributed by atoms with van der Waals surface area (Å²) in [6, 6.07) is 0. The van der Waals surface area contributed by atoms with Crippen molar-refractivity contribution in [1.29, 1.82) is 0 Å². The van der Waals surface area contributed by atoms with Crippen LogP contribution in [-0.4, -0.2) is 44.9 Å². The second kappa shape index (κ2) is 31.0. The van der Waals surface area contributed by atoms with E-state index in [4.69, 9.17) is 25.2 Å². The van der Waals surface area contributed by atoms with E-state index in [1.54, 1.807) is 0 Å². The van der Waals surface area contributed by atoms with Crippen molar-refractivity contribution in [3.63, 3.8) is 0 Å². The van der Waals surface area contributed by atoms with Crippen LogP contribution in [0.4, 0.5) is 0 Å². The van der Waals surface area contributed by atoms with E-state index >= 15 is 0 Å². The predicted octanol–water partition coefficient (Wildman–Crippen LogP) is 5.51. The van der Waals surface area contributed by atoms with Crippen LogP contribution in [0, 0.1) is 5.92 Å². The Balaban J connectivity index is -0.000000275. The van der Waals surface area contributed by atoms with Gasteiger partial charge in [-0.25, -0.2) is 9.59 Å². The van der Waals surface area contributed by atoms with Crippen LogP contribution < -0.4 is 0 Å². The monoisotopic (exact) mass is 480 g/mol. The van der Waals surface area contributed by atoms with Crippen molar-refractivity contribution in [1.82, 2.24) is 0 Å². The average molecular weight is 480 g/mol. The Morgan fingerprint density at radius 2 is 1.00 bits per heavy atom. The molecule has 0 aliphatic heterocycles. The minimum atomic E-state index is -1.19. The SMILES string of the molecule is C=CC(=O)O.CC(C)CCCCCCCCCCCCCCC(=O)O.O=C(O)CO.[Ti]. The van der Waals surface area contributed by atoms with Crippen LogP contribution in [0.5, 0.6) is 0 Å². The summed E-state index contributed by atoms with van der Waals surface area (Å²) in [7, 11) is 0. The number of hydrogen-bond acceptors (Lipinski definition) is 4. The van der Waals surface area contributed by atoms with Gasteiger partial charge in [-0.15, -0.1) is 0 Å². The topological polar surface area (TPSA) is 132 Å². The van der Waals surface area contributed by atoms with E-state index in [0.717, 1.165) is 24.8 Å². The normalized spacial score (nSPS) is 9.42. The minimum Gasteiger partial charge on any atom is -0.481 e. The van der Waals surface area contributed by atoms with Gasteiger partial charge >= 0.3 is 17.9 Å². The van der Waals surface area contributed by atoms with Gasteiger partial charge in [0.15, 0.2) is 0 Å². The third kappa shape index (κ3) is 52.8. The molecule has 0 atom stereocenters. The maximum absolute atomic E-state index is 10.3. The molecule has 0 spiro atoms. The Bertz CT molecular complexity index is 426. The van der Waals surface area contributed by atoms with E-state index < -0.39 is 24.5 Å². The molecular formula is C23H44O7Ti. The van der Waals surface area contributed by atoms with Gasteiger partial charge in [-0.2, -0.15) is 0 Å². The standard InChI is InChI=1S/C18H36O2.C3H4O2.C2H4O3.Ti/c1-17(2)15-13-11-9-7-5-3-4-6-8-10-12-14-16-18(19)20;1-2-3(4)5;3-1-2(4)5;/h17H,3-16H2,1-2H3,(H,19,20);2H,1H2,(H,4,5);3H,1H2,(H,4,5);. The van der Waals surface area contributed by atoms with Crippen LogP contribution in [0.15, 0.2) is 12.7 Å². The summed E-state index contributed by atoms with van der Waals surface area (Å²) in [4.78, 5) is 28.7. The van der Waals surface area contributed by atoms with Gasteiger partial charge in [0.2, 0.25) is 0 Å². The fraction of sp³-hybridized carbons (Fsp3) is 0.783. The van der Waals surface area contributed by atoms with Crippen molar-refractivity contribution >= 4 is 17.9 Å². The van der Waals surface area contributed by atoms with E-state index in [2.05, 4.69) is 20.4 Å². The third-order valence-corrected chi connectivity index (χ3v) is 4.23. The van der Waals surface area contributed by atoms with Gasteiger partial charge in [0.1, 0.15) is 6.61 Å². The number of aliphatic hydroxyl groups is 1. The summed E-state index contributed by atoms with van der Waals surface area (Å²) >= 11 is 0. The molecule has 0 aromatic heterocycles. The zero-order valence-corrected chi connectivity index (χ0v) is 21.0. The molecule has 0 aromatic carbocycles. The van der Waals surface area contributed by atoms with Crippen molar-refractivity contribution in [2.24, 2.45) is 5.92 Å². The van der Waals surface area contributed by atoms with Gasteiger partial charge in [0.05, 0.1) is 0 Å². The number of unbranched alkanes of at least 4 members (excludes halogenated alkanes) is 11. The molecule has 0 aliphatic rings. The van der Waals surface area contributed by atoms with Gasteiger partial charge in [-0.3, -0.25) is 4.79 Å². The Labute approximate surface area is 203 Å². The van der Waals surface area contributed by atoms with E-state index in [0.29, 0.717) is 6.42 Å². The second-order valence-electron chi connectivity index (χ2n) is 7.66. The molecule has 0 unspecified atom stereocenters. The van der Waals surface area contributed by atoms with Crippen LogP contribution in [0.2, 0.25) is 0 Å². The van der Waals surface area contributed by atoms with Crippen molar-refractivity contribution in [3.05, 3.63) is 12.7 Å². The molecule has 0 saturated carbocycles. The summed E-state index contributed by atoms with van der Waals surface area (Å²) in [5, 5.41) is 31.1. The van der Waals surface area contributed by atoms with E-state index in [1.807, 2.05) is 0 Å². The fourth-order valence-electron chi connectivity index (χ4n) is 2.60. The first-order chi connectivity index (χ1) is 14.2. The number of carbonyl (C=O) groups is 3. The molecule has 4 N–H and O–H groups in total. The van der Waals surface area contributed by atoms with E-state index in [-0.39, 0.29) is 21.7 Å². The molecule has 31 heavy (non-hydrogen) atoms. The minimum absolute atomic E-state index is 0. The molecule has 0 saturated heterocycles. The Morgan fingerprint density at radius 3 is 1.23 bits per heavy atom. The first kappa shape index (κ1) is 37.2. The summed E-state index contributed by atoms with van der Waals surface area (Å²) < 4.78 is 0. The van der Waals surface area contributed by atoms with Gasteiger partial charge in [0, 0.05) is 34.2 Å². The van der Waals surface area contributed by atoms with Crippen molar-refractivity contribution < 1.29 is 56.5 Å². The summed E-state index contributed by atoms with van der Waals surface area (Å²) in [5.74, 6) is -1.96. The first-order valence-corrected chi connectivity index (χ1v) is 11.1. The van der Waals surface area contributed by atoms with Crippen LogP contribution in [0.3, 0.4) is 0 Å². The number of carboxylic acid groups (broad SMARTS) is 3. The van der Waals surface area contributed by atoms with Gasteiger partial charge in [-0.1, -0.05) is 97.5 Å². The molecule has 0 amide bonds. The largest absolute Gasteiger partial charge is 0.481 e. The van der Waals surface area contributed by atoms with Gasteiger partial charge < -0.3 is 20.4 Å². The quantitative estimate of drug-likeness (QED) is 0.123. The molecule has 7 nitrogen and oxygen atoms in total. The molecule has 182 valence electrons. The van der Waals surface area contributed by atoms with Gasteiger partial charge in [-0.05, 0) is 12.3 Å². The molecular weight excluding hydrogens is 436 g/mol. The van der Waals surface area contributed by atoms with E-state index in [1.165, 1.54) is 70.6 Å². The zero-order valence-electron chi connectivity index (χ0n) is 19.5. The maximum Gasteiger partial charge on any atom is 0.329 e. The molecule has 0 radical (unpaired) electrons. The number of hydrogen-bond donors (Lipinski definition) is 4. The zero-order chi connectivity index (χ0) is 23.6. The Hall–Kier alpha value is -1.18. The number of carboxylic acids is 3. The Kier molecular flexibility index (Phi) is 37.2. The van der Waals surface area contributed by atoms with Gasteiger partial charge in [0.25, 0.3) is 0 Å². The smallest absolute Gasteiger partial charge is 0.329 e. The van der Waals surface area contributed by atoms with Crippen LogP contribution in [-0.2, 0) is 36.1 Å². The second-order valence-corrected chi connectivity index (χ2v) is 7.66. The first-order valence-electron chi connectivity index (χ1n) is 11.1. The fourth-order valence-corrected chi connectivity index (χ4v) is 2.60. The van der Waals surface area contributed by atoms with Crippen LogP contribution in [0.1, 0.15) is 104 Å². The molecule has 0 aliphatic carbocycles. The summed E-state index contributed by atoms with van der Waals surface area (Å²) in [6.07, 6.45) is 18.2. The molecule has 0 heterocycles. The molecule has 0 fully saturated rings. The molecule has 0 aromatic rings. The third-order valence-electron chi connectivity index (χ3n) is 4.23. The summed E-state index contributed by atoms with van der Waals surface area (Å²) in [6.45, 7) is 6.80. The van der Waals surface area contributed by atoms with Crippen molar-refractivity contribution in [3.8, 4) is 0 Å². The van der Waals surface area contributed by atoms with E-state index in [9.17, 15) is 9.59 Å². The predicted molar refractivity (Wildman–Crippen MR) is 120 cm³/mol. The van der Waals surface area contributed by atoms with Crippen molar-refractivity contribution in [2.75, 3.05) is 6.61 Å². The number of aliphatic carboxylic acids is 3. The Morgan fingerprint density at radius 1 is 0.710 bits per heavy atom. The molecule has 8 heteroatoms.